The zero-order valence-electron chi connectivity index (χ0n) is 16.2. The average Bonchev–Trinajstić information content (AvgIpc) is 3.38. The van der Waals surface area contributed by atoms with E-state index in [0.29, 0.717) is 22.2 Å². The number of oxime groups is 1. The first-order valence-electron chi connectivity index (χ1n) is 8.87. The summed E-state index contributed by atoms with van der Waals surface area (Å²) < 4.78 is 4.10. The van der Waals surface area contributed by atoms with Crippen molar-refractivity contribution in [3.05, 3.63) is 32.5 Å². The van der Waals surface area contributed by atoms with Crippen molar-refractivity contribution in [2.24, 2.45) is 5.16 Å². The van der Waals surface area contributed by atoms with Crippen molar-refractivity contribution < 1.29 is 24.7 Å². The van der Waals surface area contributed by atoms with Crippen LogP contribution in [0.5, 0.6) is 0 Å². The minimum Gasteiger partial charge on any atom is -0.477 e. The number of nitrogen functional groups attached to an aromatic ring is 1. The number of thioether (sulfide) groups is 2. The summed E-state index contributed by atoms with van der Waals surface area (Å²) in [4.78, 5) is 47.1. The molecule has 1 saturated heterocycles. The van der Waals surface area contributed by atoms with Gasteiger partial charge in [0.25, 0.3) is 11.8 Å². The van der Waals surface area contributed by atoms with Crippen LogP contribution in [0.3, 0.4) is 0 Å². The fourth-order valence-electron chi connectivity index (χ4n) is 3.07. The van der Waals surface area contributed by atoms with Crippen LogP contribution in [0, 0.1) is 6.92 Å². The summed E-state index contributed by atoms with van der Waals surface area (Å²) in [5, 5.41) is 26.2. The van der Waals surface area contributed by atoms with E-state index >= 15 is 0 Å². The van der Waals surface area contributed by atoms with E-state index in [-0.39, 0.29) is 22.2 Å². The number of aromatic nitrogens is 3. The zero-order chi connectivity index (χ0) is 23.0. The number of carbonyl (C=O) groups is 3. The molecule has 2 aromatic heterocycles. The van der Waals surface area contributed by atoms with Crippen LogP contribution < -0.4 is 11.1 Å². The van der Waals surface area contributed by atoms with Gasteiger partial charge in [-0.15, -0.1) is 34.9 Å². The minimum absolute atomic E-state index is 0.0733. The van der Waals surface area contributed by atoms with Crippen LogP contribution in [0.4, 0.5) is 5.13 Å². The van der Waals surface area contributed by atoms with E-state index in [2.05, 4.69) is 24.8 Å². The number of aliphatic carboxylic acids is 1. The Bertz CT molecular complexity index is 1160. The van der Waals surface area contributed by atoms with Crippen LogP contribution in [0.1, 0.15) is 16.5 Å². The van der Waals surface area contributed by atoms with Gasteiger partial charge in [-0.2, -0.15) is 4.37 Å². The van der Waals surface area contributed by atoms with Gasteiger partial charge in [-0.25, -0.2) is 14.8 Å². The standard InChI is InChI=1S/C16H15N7O5S4/c1-5-18-8(32-22-5)4-29-7-3-30-14-10(13(25)23(14)11(7)15(26)27)20-12(24)9(21-28)6-2-31-16(17)19-6/h2,10,14,28H,3-4H2,1H3,(H2,17,19)(H,20,24)(H,26,27)/b21-9-/t10-,14+/m1/s1. The van der Waals surface area contributed by atoms with Crippen LogP contribution in [0.15, 0.2) is 21.1 Å². The maximum absolute atomic E-state index is 12.8. The Hall–Kier alpha value is -2.69. The van der Waals surface area contributed by atoms with Gasteiger partial charge in [-0.1, -0.05) is 5.16 Å². The third kappa shape index (κ3) is 4.17. The molecule has 2 aromatic rings. The SMILES string of the molecule is Cc1nsc(CSC2=C(C(=O)O)N3C(=O)[C@@H](NC(=O)/C(=N\O)c4csc(N)n4)[C@@H]3SC2)n1. The van der Waals surface area contributed by atoms with E-state index in [1.54, 1.807) is 6.92 Å². The van der Waals surface area contributed by atoms with Gasteiger partial charge in [0.05, 0.1) is 5.75 Å². The van der Waals surface area contributed by atoms with Crippen LogP contribution in [0.2, 0.25) is 0 Å². The van der Waals surface area contributed by atoms with Crippen molar-refractivity contribution in [3.63, 3.8) is 0 Å². The quantitative estimate of drug-likeness (QED) is 0.177. The largest absolute Gasteiger partial charge is 0.477 e. The van der Waals surface area contributed by atoms with E-state index in [9.17, 15) is 24.7 Å². The maximum atomic E-state index is 12.8. The molecule has 2 aliphatic rings. The Balaban J connectivity index is 1.48. The van der Waals surface area contributed by atoms with Crippen LogP contribution in [-0.4, -0.2) is 70.2 Å². The first-order valence-corrected chi connectivity index (χ1v) is 12.6. The Labute approximate surface area is 197 Å². The smallest absolute Gasteiger partial charge is 0.353 e. The number of nitrogens with one attached hydrogen (secondary N) is 1. The second-order valence-corrected chi connectivity index (χ2v) is 10.4. The molecule has 0 aliphatic carbocycles. The normalized spacial score (nSPS) is 20.7. The van der Waals surface area contributed by atoms with Crippen LogP contribution >= 0.6 is 46.4 Å². The second kappa shape index (κ2) is 9.05. The third-order valence-corrected chi connectivity index (χ3v) is 8.67. The highest BCUT2D eigenvalue weighted by molar-refractivity contribution is 8.05. The molecule has 0 aromatic carbocycles. The summed E-state index contributed by atoms with van der Waals surface area (Å²) >= 11 is 4.94. The number of aryl methyl sites for hydroxylation is 1. The number of carboxylic acids is 1. The predicted octanol–water partition coefficient (Wildman–Crippen LogP) is 0.693. The van der Waals surface area contributed by atoms with Gasteiger partial charge in [-0.3, -0.25) is 14.5 Å². The van der Waals surface area contributed by atoms with E-state index in [1.807, 2.05) is 0 Å². The van der Waals surface area contributed by atoms with Crippen molar-refractivity contribution in [2.45, 2.75) is 24.1 Å². The van der Waals surface area contributed by atoms with Crippen molar-refractivity contribution in [3.8, 4) is 0 Å². The summed E-state index contributed by atoms with van der Waals surface area (Å²) in [5.74, 6) is -1.15. The monoisotopic (exact) mass is 513 g/mol. The molecular weight excluding hydrogens is 498 g/mol. The molecule has 0 saturated carbocycles. The number of thiazole rings is 1. The molecule has 2 atom stereocenters. The minimum atomic E-state index is -1.22. The van der Waals surface area contributed by atoms with Gasteiger partial charge < -0.3 is 21.4 Å². The van der Waals surface area contributed by atoms with E-state index < -0.39 is 29.2 Å². The fraction of sp³-hybridized carbons (Fsp3) is 0.312. The number of nitrogens with zero attached hydrogens (tertiary/aromatic N) is 5. The molecule has 0 unspecified atom stereocenters. The molecule has 0 bridgehead atoms. The lowest BCUT2D eigenvalue weighted by Gasteiger charge is -2.49. The lowest BCUT2D eigenvalue weighted by Crippen LogP contribution is -2.71. The Morgan fingerprint density at radius 1 is 1.44 bits per heavy atom. The first-order chi connectivity index (χ1) is 15.3. The average molecular weight is 514 g/mol. The van der Waals surface area contributed by atoms with Gasteiger partial charge in [0.15, 0.2) is 10.8 Å². The van der Waals surface area contributed by atoms with Gasteiger partial charge in [0.1, 0.15) is 33.6 Å². The molecule has 4 heterocycles. The van der Waals surface area contributed by atoms with Gasteiger partial charge in [0, 0.05) is 16.0 Å². The molecule has 5 N–H and O–H groups in total. The number of nitrogens with two attached hydrogens (primary N) is 1. The molecule has 168 valence electrons. The van der Waals surface area contributed by atoms with Crippen molar-refractivity contribution >= 4 is 75.0 Å². The van der Waals surface area contributed by atoms with Crippen LogP contribution in [0.25, 0.3) is 0 Å². The molecule has 0 radical (unpaired) electrons. The van der Waals surface area contributed by atoms with Crippen molar-refractivity contribution in [1.82, 2.24) is 24.6 Å². The number of amides is 2. The summed E-state index contributed by atoms with van der Waals surface area (Å²) in [6.45, 7) is 1.77. The first kappa shape index (κ1) is 22.5. The molecule has 0 spiro atoms. The van der Waals surface area contributed by atoms with Crippen LogP contribution in [-0.2, 0) is 20.1 Å². The lowest BCUT2D eigenvalue weighted by atomic mass is 10.0. The van der Waals surface area contributed by atoms with Gasteiger partial charge >= 0.3 is 5.97 Å². The van der Waals surface area contributed by atoms with Crippen molar-refractivity contribution in [1.29, 1.82) is 0 Å². The summed E-state index contributed by atoms with van der Waals surface area (Å²) in [5.41, 5.74) is 5.13. The van der Waals surface area contributed by atoms with E-state index in [1.165, 1.54) is 45.3 Å². The van der Waals surface area contributed by atoms with E-state index in [4.69, 9.17) is 5.73 Å². The van der Waals surface area contributed by atoms with Gasteiger partial charge in [-0.05, 0) is 18.5 Å². The summed E-state index contributed by atoms with van der Waals surface area (Å²) in [7, 11) is 0. The summed E-state index contributed by atoms with van der Waals surface area (Å²) in [6.07, 6.45) is 0. The molecule has 2 amide bonds. The van der Waals surface area contributed by atoms with E-state index in [0.717, 1.165) is 16.3 Å². The number of carbonyl (C=O) groups excluding carboxylic acids is 2. The highest BCUT2D eigenvalue weighted by Crippen LogP contribution is 2.44. The maximum Gasteiger partial charge on any atom is 0.353 e. The number of hydrogen-bond donors (Lipinski definition) is 4. The number of β-lactam (4-membered cyclic amide) rings is 1. The molecule has 12 nitrogen and oxygen atoms in total. The zero-order valence-corrected chi connectivity index (χ0v) is 19.5. The Morgan fingerprint density at radius 2 is 2.22 bits per heavy atom. The Morgan fingerprint density at radius 3 is 2.81 bits per heavy atom. The molecular formula is C16H15N7O5S4. The number of hydrogen-bond acceptors (Lipinski definition) is 13. The molecule has 4 rings (SSSR count). The molecule has 32 heavy (non-hydrogen) atoms. The van der Waals surface area contributed by atoms with Gasteiger partial charge in [0.2, 0.25) is 0 Å². The number of anilines is 1. The Kier molecular flexibility index (Phi) is 6.36. The number of rotatable bonds is 7. The number of carboxylic acid groups (broad SMARTS) is 1. The van der Waals surface area contributed by atoms with Crippen molar-refractivity contribution in [2.75, 3.05) is 11.5 Å². The second-order valence-electron chi connectivity index (χ2n) is 6.48. The third-order valence-electron chi connectivity index (χ3n) is 4.44. The molecule has 16 heteroatoms. The highest BCUT2D eigenvalue weighted by Gasteiger charge is 2.54. The number of fused-ring (bicyclic) bond motifs is 1. The molecule has 1 fully saturated rings. The fourth-order valence-corrected chi connectivity index (χ4v) is 6.87. The summed E-state index contributed by atoms with van der Waals surface area (Å²) in [6, 6.07) is -0.966. The topological polar surface area (TPSA) is 184 Å². The molecule has 2 aliphatic heterocycles. The highest BCUT2D eigenvalue weighted by atomic mass is 32.2. The lowest BCUT2D eigenvalue weighted by molar-refractivity contribution is -0.150. The predicted molar refractivity (Wildman–Crippen MR) is 120 cm³/mol.